The third-order valence-corrected chi connectivity index (χ3v) is 10.9. The van der Waals surface area contributed by atoms with Gasteiger partial charge in [0.05, 0.1) is 23.3 Å². The van der Waals surface area contributed by atoms with Crippen LogP contribution in [0.15, 0.2) is 46.1 Å². The summed E-state index contributed by atoms with van der Waals surface area (Å²) in [7, 11) is 0. The maximum absolute atomic E-state index is 12.5. The molecule has 7 nitrogen and oxygen atoms in total. The fraction of sp³-hybridized carbons (Fsp3) is 0.706. The van der Waals surface area contributed by atoms with Gasteiger partial charge in [-0.05, 0) is 112 Å². The van der Waals surface area contributed by atoms with E-state index in [2.05, 4.69) is 42.9 Å². The lowest BCUT2D eigenvalue weighted by Crippen LogP contribution is -2.38. The standard InChI is InChI=1S/C34H50N2O5/c1-6-35-32(39)41-30(34(16-17-34)31-36-22(3)20-40-31)14-9-21(2)27-12-13-28-24(8-7-15-33(27,28)5)10-11-25-18-26(37)19-29(38)23(25)4/h10-11,20-21,26-30,37-38H,4,6-9,12-19H2,1-3,5H3,(H,35,39)/b24-10+,25-11-/t21-,26-,27-,28+,29+,30-,33-/m1/s1. The van der Waals surface area contributed by atoms with E-state index in [-0.39, 0.29) is 23.0 Å². The number of allylic oxidation sites excluding steroid dienone is 3. The monoisotopic (exact) mass is 566 g/mol. The molecule has 7 heteroatoms. The zero-order valence-electron chi connectivity index (χ0n) is 25.5. The second kappa shape index (κ2) is 12.1. The number of nitrogens with zero attached hydrogens (tertiary/aromatic N) is 1. The highest BCUT2D eigenvalue weighted by molar-refractivity contribution is 5.67. The van der Waals surface area contributed by atoms with E-state index in [0.29, 0.717) is 43.0 Å². The first-order valence-electron chi connectivity index (χ1n) is 15.9. The Balaban J connectivity index is 1.28. The van der Waals surface area contributed by atoms with Crippen molar-refractivity contribution in [3.63, 3.8) is 0 Å². The average Bonchev–Trinajstić information content (AvgIpc) is 3.48. The number of aliphatic hydroxyl groups is 2. The molecule has 0 aromatic carbocycles. The molecule has 7 atom stereocenters. The highest BCUT2D eigenvalue weighted by atomic mass is 16.6. The van der Waals surface area contributed by atoms with Gasteiger partial charge in [0.1, 0.15) is 12.4 Å². The van der Waals surface area contributed by atoms with Crippen LogP contribution in [0.1, 0.15) is 103 Å². The van der Waals surface area contributed by atoms with Crippen molar-refractivity contribution in [1.82, 2.24) is 10.3 Å². The smallest absolute Gasteiger partial charge is 0.407 e. The summed E-state index contributed by atoms with van der Waals surface area (Å²) >= 11 is 0. The molecule has 0 spiro atoms. The van der Waals surface area contributed by atoms with Crippen LogP contribution in [0.2, 0.25) is 0 Å². The summed E-state index contributed by atoms with van der Waals surface area (Å²) in [4.78, 5) is 17.2. The van der Waals surface area contributed by atoms with Crippen molar-refractivity contribution in [3.8, 4) is 0 Å². The first-order valence-corrected chi connectivity index (χ1v) is 15.9. The Morgan fingerprint density at radius 1 is 1.27 bits per heavy atom. The summed E-state index contributed by atoms with van der Waals surface area (Å²) in [5.74, 6) is 2.39. The van der Waals surface area contributed by atoms with Gasteiger partial charge in [-0.15, -0.1) is 0 Å². The van der Waals surface area contributed by atoms with Crippen molar-refractivity contribution in [2.45, 2.75) is 122 Å². The summed E-state index contributed by atoms with van der Waals surface area (Å²) in [6, 6.07) is 0. The third-order valence-electron chi connectivity index (χ3n) is 10.9. The minimum atomic E-state index is -0.653. The second-order valence-electron chi connectivity index (χ2n) is 13.6. The number of nitrogens with one attached hydrogen (secondary N) is 1. The van der Waals surface area contributed by atoms with Gasteiger partial charge in [-0.3, -0.25) is 0 Å². The lowest BCUT2D eigenvalue weighted by Gasteiger charge is -2.44. The number of alkyl carbamates (subject to hydrolysis) is 1. The number of aryl methyl sites for hydroxylation is 1. The number of oxazole rings is 1. The van der Waals surface area contributed by atoms with Gasteiger partial charge in [0.15, 0.2) is 0 Å². The largest absolute Gasteiger partial charge is 0.448 e. The molecular weight excluding hydrogens is 516 g/mol. The van der Waals surface area contributed by atoms with Gasteiger partial charge in [0.2, 0.25) is 5.89 Å². The van der Waals surface area contributed by atoms with Crippen molar-refractivity contribution >= 4 is 6.09 Å². The zero-order chi connectivity index (χ0) is 29.4. The number of carbonyl (C=O) groups is 1. The molecule has 0 saturated heterocycles. The van der Waals surface area contributed by atoms with E-state index in [1.54, 1.807) is 6.26 Å². The number of hydrogen-bond acceptors (Lipinski definition) is 6. The predicted octanol–water partition coefficient (Wildman–Crippen LogP) is 6.69. The summed E-state index contributed by atoms with van der Waals surface area (Å²) < 4.78 is 11.9. The van der Waals surface area contributed by atoms with Gasteiger partial charge < -0.3 is 24.7 Å². The lowest BCUT2D eigenvalue weighted by molar-refractivity contribution is 0.0474. The summed E-state index contributed by atoms with van der Waals surface area (Å²) in [6.45, 7) is 13.4. The van der Waals surface area contributed by atoms with Crippen LogP contribution in [0.25, 0.3) is 0 Å². The Bertz CT molecular complexity index is 1180. The van der Waals surface area contributed by atoms with Crippen molar-refractivity contribution in [2.24, 2.45) is 23.2 Å². The number of rotatable bonds is 9. The first-order chi connectivity index (χ1) is 19.6. The van der Waals surface area contributed by atoms with E-state index >= 15 is 0 Å². The molecule has 3 N–H and O–H groups in total. The molecule has 5 rings (SSSR count). The number of aliphatic hydroxyl groups excluding tert-OH is 2. The van der Waals surface area contributed by atoms with Gasteiger partial charge in [-0.2, -0.15) is 0 Å². The number of hydrogen-bond donors (Lipinski definition) is 3. The molecule has 0 bridgehead atoms. The molecule has 41 heavy (non-hydrogen) atoms. The normalized spacial score (nSPS) is 34.3. The molecule has 1 heterocycles. The first kappa shape index (κ1) is 30.1. The fourth-order valence-electron chi connectivity index (χ4n) is 8.45. The van der Waals surface area contributed by atoms with E-state index in [0.717, 1.165) is 48.9 Å². The van der Waals surface area contributed by atoms with Crippen molar-refractivity contribution < 1.29 is 24.2 Å². The molecular formula is C34H50N2O5. The molecule has 0 unspecified atom stereocenters. The number of aromatic nitrogens is 1. The molecule has 4 aliphatic rings. The van der Waals surface area contributed by atoms with E-state index in [9.17, 15) is 15.0 Å². The fourth-order valence-corrected chi connectivity index (χ4v) is 8.45. The number of ether oxygens (including phenoxy) is 1. The SMILES string of the molecule is C=C1/C(=C\C=C2/CCC[C@]3(C)[C@@H]([C@H](C)CC[C@@H](OC(=O)NCC)C4(c5nc(C)co5)CC4)CC[C@@H]23)C[C@@H](O)C[C@@H]1O. The van der Waals surface area contributed by atoms with Gasteiger partial charge >= 0.3 is 6.09 Å². The maximum atomic E-state index is 12.5. The van der Waals surface area contributed by atoms with Crippen LogP contribution in [0, 0.1) is 30.1 Å². The summed E-state index contributed by atoms with van der Waals surface area (Å²) in [6.07, 6.45) is 14.9. The van der Waals surface area contributed by atoms with Crippen molar-refractivity contribution in [3.05, 3.63) is 53.3 Å². The second-order valence-corrected chi connectivity index (χ2v) is 13.6. The minimum absolute atomic E-state index is 0.248. The van der Waals surface area contributed by atoms with E-state index in [4.69, 9.17) is 9.15 Å². The molecule has 0 radical (unpaired) electrons. The van der Waals surface area contributed by atoms with Crippen LogP contribution in [0.5, 0.6) is 0 Å². The highest BCUT2D eigenvalue weighted by Crippen LogP contribution is 2.60. The third kappa shape index (κ3) is 6.08. The molecule has 4 aliphatic carbocycles. The molecule has 4 fully saturated rings. The average molecular weight is 567 g/mol. The van der Waals surface area contributed by atoms with E-state index < -0.39 is 12.2 Å². The van der Waals surface area contributed by atoms with Crippen LogP contribution in [-0.2, 0) is 10.2 Å². The van der Waals surface area contributed by atoms with Crippen molar-refractivity contribution in [2.75, 3.05) is 6.54 Å². The Morgan fingerprint density at radius 3 is 2.73 bits per heavy atom. The van der Waals surface area contributed by atoms with Gasteiger partial charge in [0, 0.05) is 13.0 Å². The predicted molar refractivity (Wildman–Crippen MR) is 159 cm³/mol. The van der Waals surface area contributed by atoms with Gasteiger partial charge in [-0.25, -0.2) is 9.78 Å². The zero-order valence-corrected chi connectivity index (χ0v) is 25.5. The Hall–Kier alpha value is -2.38. The van der Waals surface area contributed by atoms with Crippen LogP contribution in [0.3, 0.4) is 0 Å². The lowest BCUT2D eigenvalue weighted by atomic mass is 9.60. The Morgan fingerprint density at radius 2 is 2.05 bits per heavy atom. The van der Waals surface area contributed by atoms with E-state index in [1.165, 1.54) is 31.3 Å². The summed E-state index contributed by atoms with van der Waals surface area (Å²) in [5.41, 5.74) is 4.04. The topological polar surface area (TPSA) is 105 Å². The van der Waals surface area contributed by atoms with Crippen LogP contribution in [0.4, 0.5) is 4.79 Å². The van der Waals surface area contributed by atoms with Crippen LogP contribution >= 0.6 is 0 Å². The number of carbonyl (C=O) groups excluding carboxylic acids is 1. The summed E-state index contributed by atoms with van der Waals surface area (Å²) in [5, 5.41) is 23.2. The van der Waals surface area contributed by atoms with Crippen LogP contribution in [-0.4, -0.2) is 46.1 Å². The molecule has 4 saturated carbocycles. The number of amides is 1. The quantitative estimate of drug-likeness (QED) is 0.308. The number of fused-ring (bicyclic) bond motifs is 1. The molecule has 1 amide bonds. The molecule has 1 aromatic rings. The van der Waals surface area contributed by atoms with Crippen LogP contribution < -0.4 is 5.32 Å². The molecule has 1 aromatic heterocycles. The Labute approximate surface area is 245 Å². The highest BCUT2D eigenvalue weighted by Gasteiger charge is 2.57. The van der Waals surface area contributed by atoms with Crippen molar-refractivity contribution in [1.29, 1.82) is 0 Å². The van der Waals surface area contributed by atoms with Gasteiger partial charge in [0.25, 0.3) is 0 Å². The van der Waals surface area contributed by atoms with Gasteiger partial charge in [-0.1, -0.05) is 38.2 Å². The Kier molecular flexibility index (Phi) is 8.87. The van der Waals surface area contributed by atoms with E-state index in [1.807, 2.05) is 13.8 Å². The minimum Gasteiger partial charge on any atom is -0.448 e. The molecule has 226 valence electrons. The molecule has 0 aliphatic heterocycles. The maximum Gasteiger partial charge on any atom is 0.407 e.